The molecule has 0 saturated carbocycles. The van der Waals surface area contributed by atoms with E-state index in [1.54, 1.807) is 6.07 Å². The van der Waals surface area contributed by atoms with Gasteiger partial charge in [-0.25, -0.2) is 10.7 Å². The van der Waals surface area contributed by atoms with Crippen LogP contribution in [0.4, 0.5) is 8.78 Å². The molecule has 0 saturated heterocycles. The zero-order valence-corrected chi connectivity index (χ0v) is 11.1. The molecular formula is C13H17F2NO3. The number of hydrogen-bond acceptors (Lipinski definition) is 4. The number of nitrogens with two attached hydrogens (primary N) is 1. The number of ether oxygens (including phenoxy) is 1. The van der Waals surface area contributed by atoms with Gasteiger partial charge in [-0.2, -0.15) is 8.78 Å². The van der Waals surface area contributed by atoms with Gasteiger partial charge in [-0.15, -0.1) is 0 Å². The van der Waals surface area contributed by atoms with Gasteiger partial charge in [0.25, 0.3) is 0 Å². The molecule has 0 heterocycles. The van der Waals surface area contributed by atoms with Crippen molar-refractivity contribution < 1.29 is 23.1 Å². The van der Waals surface area contributed by atoms with E-state index in [0.29, 0.717) is 5.56 Å². The van der Waals surface area contributed by atoms with Gasteiger partial charge < -0.3 is 4.74 Å². The number of esters is 1. The number of rotatable bonds is 4. The van der Waals surface area contributed by atoms with Crippen molar-refractivity contribution in [2.75, 3.05) is 0 Å². The molecule has 106 valence electrons. The van der Waals surface area contributed by atoms with Crippen molar-refractivity contribution in [1.29, 1.82) is 0 Å². The van der Waals surface area contributed by atoms with Crippen LogP contribution in [0, 0.1) is 0 Å². The van der Waals surface area contributed by atoms with E-state index in [4.69, 9.17) is 10.6 Å². The Balaban J connectivity index is 2.98. The molecule has 1 aromatic rings. The zero-order valence-electron chi connectivity index (χ0n) is 11.1. The molecule has 0 atom stereocenters. The molecule has 0 aliphatic rings. The predicted octanol–water partition coefficient (Wildman–Crippen LogP) is 2.51. The van der Waals surface area contributed by atoms with Gasteiger partial charge in [-0.1, -0.05) is 18.2 Å². The van der Waals surface area contributed by atoms with Crippen molar-refractivity contribution in [3.8, 4) is 0 Å². The summed E-state index contributed by atoms with van der Waals surface area (Å²) in [6.45, 7) is 4.57. The normalized spacial score (nSPS) is 12.3. The number of hydrogen-bond donors (Lipinski definition) is 1. The summed E-state index contributed by atoms with van der Waals surface area (Å²) < 4.78 is 32.6. The topological polar surface area (TPSA) is 61.5 Å². The van der Waals surface area contributed by atoms with Crippen molar-refractivity contribution in [3.05, 3.63) is 35.4 Å². The van der Waals surface area contributed by atoms with Gasteiger partial charge in [-0.05, 0) is 32.4 Å². The Morgan fingerprint density at radius 1 is 1.32 bits per heavy atom. The highest BCUT2D eigenvalue weighted by molar-refractivity contribution is 5.79. The minimum Gasteiger partial charge on any atom is -0.455 e. The van der Waals surface area contributed by atoms with Crippen LogP contribution in [0.15, 0.2) is 24.3 Å². The molecule has 4 nitrogen and oxygen atoms in total. The van der Waals surface area contributed by atoms with Gasteiger partial charge in [0.1, 0.15) is 5.60 Å². The summed E-state index contributed by atoms with van der Waals surface area (Å²) in [7, 11) is 0. The van der Waals surface area contributed by atoms with E-state index in [1.165, 1.54) is 26.8 Å². The molecule has 1 rings (SSSR count). The van der Waals surface area contributed by atoms with E-state index in [9.17, 15) is 13.6 Å². The first-order chi connectivity index (χ1) is 8.66. The summed E-state index contributed by atoms with van der Waals surface area (Å²) in [5.41, 5.74) is -0.974. The van der Waals surface area contributed by atoms with Crippen LogP contribution in [0.2, 0.25) is 0 Å². The number of halogens is 2. The van der Waals surface area contributed by atoms with E-state index in [-0.39, 0.29) is 6.61 Å². The monoisotopic (exact) mass is 273 g/mol. The summed E-state index contributed by atoms with van der Waals surface area (Å²) in [6, 6.07) is 5.30. The Labute approximate surface area is 110 Å². The smallest absolute Gasteiger partial charge is 0.382 e. The van der Waals surface area contributed by atoms with Crippen molar-refractivity contribution in [2.24, 2.45) is 5.90 Å². The Morgan fingerprint density at radius 2 is 1.95 bits per heavy atom. The first-order valence-corrected chi connectivity index (χ1v) is 5.69. The fraction of sp³-hybridized carbons (Fsp3) is 0.462. The minimum atomic E-state index is -3.71. The number of benzene rings is 1. The van der Waals surface area contributed by atoms with Crippen LogP contribution < -0.4 is 5.90 Å². The fourth-order valence-corrected chi connectivity index (χ4v) is 1.41. The molecule has 0 aliphatic heterocycles. The molecular weight excluding hydrogens is 256 g/mol. The summed E-state index contributed by atoms with van der Waals surface area (Å²) >= 11 is 0. The molecule has 0 aromatic heterocycles. The summed E-state index contributed by atoms with van der Waals surface area (Å²) in [6.07, 6.45) is 0. The number of carbonyl (C=O) groups excluding carboxylic acids is 1. The molecule has 0 bridgehead atoms. The summed E-state index contributed by atoms with van der Waals surface area (Å²) in [5.74, 6) is -0.405. The summed E-state index contributed by atoms with van der Waals surface area (Å²) in [4.78, 5) is 15.9. The Morgan fingerprint density at radius 3 is 2.47 bits per heavy atom. The predicted molar refractivity (Wildman–Crippen MR) is 65.2 cm³/mol. The Hall–Kier alpha value is -1.53. The molecule has 0 amide bonds. The second-order valence-corrected chi connectivity index (χ2v) is 5.09. The molecule has 0 spiro atoms. The van der Waals surface area contributed by atoms with Crippen LogP contribution >= 0.6 is 0 Å². The first-order valence-electron chi connectivity index (χ1n) is 5.69. The zero-order chi connectivity index (χ0) is 14.7. The highest BCUT2D eigenvalue weighted by atomic mass is 19.3. The van der Waals surface area contributed by atoms with Gasteiger partial charge >= 0.3 is 11.9 Å². The lowest BCUT2D eigenvalue weighted by molar-refractivity contribution is -0.185. The van der Waals surface area contributed by atoms with Crippen molar-refractivity contribution in [2.45, 2.75) is 38.9 Å². The quantitative estimate of drug-likeness (QED) is 0.676. The lowest BCUT2D eigenvalue weighted by Gasteiger charge is -2.24. The molecule has 0 unspecified atom stereocenters. The van der Waals surface area contributed by atoms with E-state index in [1.807, 2.05) is 0 Å². The highest BCUT2D eigenvalue weighted by Crippen LogP contribution is 2.31. The van der Waals surface area contributed by atoms with Crippen LogP contribution in [-0.4, -0.2) is 11.6 Å². The third-order valence-corrected chi connectivity index (χ3v) is 2.19. The van der Waals surface area contributed by atoms with Crippen molar-refractivity contribution in [3.63, 3.8) is 0 Å². The minimum absolute atomic E-state index is 0.0156. The van der Waals surface area contributed by atoms with Crippen LogP contribution in [0.1, 0.15) is 31.9 Å². The Kier molecular flexibility index (Phi) is 4.60. The molecule has 0 radical (unpaired) electrons. The molecule has 0 fully saturated rings. The van der Waals surface area contributed by atoms with Crippen molar-refractivity contribution in [1.82, 2.24) is 0 Å². The molecule has 19 heavy (non-hydrogen) atoms. The SMILES string of the molecule is CC(C)(C)OC(=O)C(F)(F)c1cccc(CON)c1. The molecule has 2 N–H and O–H groups in total. The van der Waals surface area contributed by atoms with E-state index < -0.39 is 23.1 Å². The van der Waals surface area contributed by atoms with Gasteiger partial charge in [-0.3, -0.25) is 4.84 Å². The lowest BCUT2D eigenvalue weighted by atomic mass is 10.1. The van der Waals surface area contributed by atoms with E-state index in [0.717, 1.165) is 12.1 Å². The third-order valence-electron chi connectivity index (χ3n) is 2.19. The fourth-order valence-electron chi connectivity index (χ4n) is 1.41. The number of alkyl halides is 2. The average Bonchev–Trinajstić information content (AvgIpc) is 2.27. The van der Waals surface area contributed by atoms with Crippen LogP contribution in [-0.2, 0) is 26.9 Å². The Bertz CT molecular complexity index is 455. The van der Waals surface area contributed by atoms with Gasteiger partial charge in [0, 0.05) is 5.56 Å². The molecule has 6 heteroatoms. The third kappa shape index (κ3) is 4.25. The summed E-state index contributed by atoms with van der Waals surface area (Å²) in [5, 5.41) is 0. The molecule has 1 aromatic carbocycles. The maximum Gasteiger partial charge on any atom is 0.382 e. The van der Waals surface area contributed by atoms with E-state index in [2.05, 4.69) is 4.84 Å². The largest absolute Gasteiger partial charge is 0.455 e. The van der Waals surface area contributed by atoms with Crippen LogP contribution in [0.3, 0.4) is 0 Å². The van der Waals surface area contributed by atoms with Gasteiger partial charge in [0.05, 0.1) is 6.61 Å². The van der Waals surface area contributed by atoms with Crippen molar-refractivity contribution >= 4 is 5.97 Å². The maximum atomic E-state index is 14.0. The standard InChI is InChI=1S/C13H17F2NO3/c1-12(2,3)19-11(17)13(14,15)10-6-4-5-9(7-10)8-18-16/h4-7H,8,16H2,1-3H3. The van der Waals surface area contributed by atoms with Gasteiger partial charge in [0.15, 0.2) is 0 Å². The second kappa shape index (κ2) is 5.63. The van der Waals surface area contributed by atoms with Crippen LogP contribution in [0.25, 0.3) is 0 Å². The average molecular weight is 273 g/mol. The van der Waals surface area contributed by atoms with E-state index >= 15 is 0 Å². The maximum absolute atomic E-state index is 14.0. The second-order valence-electron chi connectivity index (χ2n) is 5.09. The molecule has 0 aliphatic carbocycles. The first kappa shape index (κ1) is 15.5. The van der Waals surface area contributed by atoms with Gasteiger partial charge in [0.2, 0.25) is 0 Å². The van der Waals surface area contributed by atoms with Crippen LogP contribution in [0.5, 0.6) is 0 Å². The number of carbonyl (C=O) groups is 1. The lowest BCUT2D eigenvalue weighted by Crippen LogP contribution is -2.35. The highest BCUT2D eigenvalue weighted by Gasteiger charge is 2.44.